The average molecular weight is 528 g/mol. The molecule has 3 N–H and O–H groups in total. The number of phenols is 1. The highest BCUT2D eigenvalue weighted by atomic mass is 16.5. The molecule has 2 heterocycles. The van der Waals surface area contributed by atoms with E-state index in [0.29, 0.717) is 35.7 Å². The van der Waals surface area contributed by atoms with Gasteiger partial charge in [-0.3, -0.25) is 0 Å². The van der Waals surface area contributed by atoms with Crippen molar-refractivity contribution in [3.8, 4) is 5.75 Å². The maximum absolute atomic E-state index is 13.6. The number of ether oxygens (including phenoxy) is 2. The summed E-state index contributed by atoms with van der Waals surface area (Å²) < 4.78 is 10.9. The monoisotopic (exact) mass is 527 g/mol. The molecule has 0 spiro atoms. The summed E-state index contributed by atoms with van der Waals surface area (Å²) in [7, 11) is 0. The summed E-state index contributed by atoms with van der Waals surface area (Å²) in [6.07, 6.45) is 3.78. The molecule has 0 radical (unpaired) electrons. The average Bonchev–Trinajstić information content (AvgIpc) is 3.32. The number of esters is 2. The summed E-state index contributed by atoms with van der Waals surface area (Å²) in [4.78, 5) is 43.4. The van der Waals surface area contributed by atoms with Gasteiger partial charge in [0.2, 0.25) is 0 Å². The molecule has 200 valence electrons. The lowest BCUT2D eigenvalue weighted by Gasteiger charge is -2.28. The van der Waals surface area contributed by atoms with E-state index in [0.717, 1.165) is 22.4 Å². The van der Waals surface area contributed by atoms with Gasteiger partial charge in [0.25, 0.3) is 0 Å². The van der Waals surface area contributed by atoms with E-state index in [4.69, 9.17) is 14.5 Å². The van der Waals surface area contributed by atoms with Gasteiger partial charge in [-0.15, -0.1) is 0 Å². The molecule has 0 saturated heterocycles. The number of benzene rings is 2. The highest BCUT2D eigenvalue weighted by molar-refractivity contribution is 6.07. The number of aromatic hydroxyl groups is 1. The molecule has 1 unspecified atom stereocenters. The zero-order valence-electron chi connectivity index (χ0n) is 21.7. The van der Waals surface area contributed by atoms with Gasteiger partial charge in [0, 0.05) is 5.39 Å². The number of hydrogen-bond acceptors (Lipinski definition) is 7. The van der Waals surface area contributed by atoms with E-state index < -0.39 is 24.0 Å². The minimum Gasteiger partial charge on any atom is -0.508 e. The quantitative estimate of drug-likeness (QED) is 0.386. The highest BCUT2D eigenvalue weighted by Gasteiger charge is 2.33. The van der Waals surface area contributed by atoms with Crippen LogP contribution in [0.1, 0.15) is 53.9 Å². The Hall–Kier alpha value is -4.66. The molecule has 1 aromatic heterocycles. The van der Waals surface area contributed by atoms with Crippen molar-refractivity contribution in [3.63, 3.8) is 0 Å². The van der Waals surface area contributed by atoms with Crippen LogP contribution in [0.5, 0.6) is 5.75 Å². The van der Waals surface area contributed by atoms with E-state index in [1.165, 1.54) is 0 Å². The number of urea groups is 1. The topological polar surface area (TPSA) is 127 Å². The van der Waals surface area contributed by atoms with E-state index in [1.54, 1.807) is 19.1 Å². The van der Waals surface area contributed by atoms with Crippen molar-refractivity contribution in [3.05, 3.63) is 82.2 Å². The number of carbonyl (C=O) groups is 3. The Kier molecular flexibility index (Phi) is 7.31. The summed E-state index contributed by atoms with van der Waals surface area (Å²) in [6, 6.07) is 13.3. The van der Waals surface area contributed by atoms with Crippen LogP contribution in [0.4, 0.5) is 4.79 Å². The third-order valence-corrected chi connectivity index (χ3v) is 6.87. The number of amides is 2. The van der Waals surface area contributed by atoms with E-state index in [-0.39, 0.29) is 30.2 Å². The highest BCUT2D eigenvalue weighted by Crippen LogP contribution is 2.38. The number of nitrogens with one attached hydrogen (secondary N) is 2. The van der Waals surface area contributed by atoms with Gasteiger partial charge < -0.3 is 25.2 Å². The Morgan fingerprint density at radius 3 is 2.56 bits per heavy atom. The third kappa shape index (κ3) is 5.20. The van der Waals surface area contributed by atoms with E-state index in [1.807, 2.05) is 49.4 Å². The van der Waals surface area contributed by atoms with Crippen LogP contribution in [0.15, 0.2) is 59.8 Å². The first-order valence-electron chi connectivity index (χ1n) is 13.0. The van der Waals surface area contributed by atoms with Gasteiger partial charge >= 0.3 is 18.0 Å². The number of carbonyl (C=O) groups excluding carboxylic acids is 3. The Bertz CT molecular complexity index is 1520. The molecule has 9 heteroatoms. The number of fused-ring (bicyclic) bond motifs is 2. The lowest BCUT2D eigenvalue weighted by Crippen LogP contribution is -2.51. The lowest BCUT2D eigenvalue weighted by molar-refractivity contribution is -0.139. The van der Waals surface area contributed by atoms with Crippen molar-refractivity contribution < 1.29 is 29.0 Å². The SMILES string of the molecule is CCOC(=O)C1=C(COC(=O)c2c3c(nc4ccccc24)C(=Cc2ccc(O)cc2)CC3)NC(=O)NC1CC. The number of aromatic nitrogens is 1. The van der Waals surface area contributed by atoms with Crippen LogP contribution >= 0.6 is 0 Å². The summed E-state index contributed by atoms with van der Waals surface area (Å²) >= 11 is 0. The zero-order chi connectivity index (χ0) is 27.5. The molecule has 0 saturated carbocycles. The molecule has 1 aliphatic heterocycles. The second-order valence-corrected chi connectivity index (χ2v) is 9.34. The number of nitrogens with zero attached hydrogens (tertiary/aromatic N) is 1. The van der Waals surface area contributed by atoms with Crippen LogP contribution in [0.3, 0.4) is 0 Å². The summed E-state index contributed by atoms with van der Waals surface area (Å²) in [5.74, 6) is -0.941. The van der Waals surface area contributed by atoms with Crippen molar-refractivity contribution >= 4 is 40.5 Å². The summed E-state index contributed by atoms with van der Waals surface area (Å²) in [6.45, 7) is 3.43. The number of hydrogen-bond donors (Lipinski definition) is 3. The second kappa shape index (κ2) is 11.0. The predicted molar refractivity (Wildman–Crippen MR) is 146 cm³/mol. The minimum atomic E-state index is -0.567. The van der Waals surface area contributed by atoms with Crippen LogP contribution < -0.4 is 10.6 Å². The second-order valence-electron chi connectivity index (χ2n) is 9.34. The molecule has 9 nitrogen and oxygen atoms in total. The van der Waals surface area contributed by atoms with Gasteiger partial charge in [-0.05, 0) is 67.2 Å². The molecule has 3 aromatic rings. The molecule has 2 amide bonds. The van der Waals surface area contributed by atoms with E-state index in [2.05, 4.69) is 10.6 Å². The summed E-state index contributed by atoms with van der Waals surface area (Å²) in [5.41, 5.74) is 4.98. The Labute approximate surface area is 225 Å². The Morgan fingerprint density at radius 2 is 1.82 bits per heavy atom. The van der Waals surface area contributed by atoms with Crippen molar-refractivity contribution in [1.82, 2.24) is 15.6 Å². The van der Waals surface area contributed by atoms with E-state index in [9.17, 15) is 19.5 Å². The Morgan fingerprint density at radius 1 is 1.05 bits per heavy atom. The molecule has 39 heavy (non-hydrogen) atoms. The molecular weight excluding hydrogens is 498 g/mol. The fourth-order valence-corrected chi connectivity index (χ4v) is 5.07. The Balaban J connectivity index is 1.51. The normalized spacial score (nSPS) is 17.5. The van der Waals surface area contributed by atoms with Crippen LogP contribution in [0.2, 0.25) is 0 Å². The number of rotatable bonds is 7. The predicted octanol–water partition coefficient (Wildman–Crippen LogP) is 4.49. The molecule has 0 bridgehead atoms. The van der Waals surface area contributed by atoms with Crippen LogP contribution in [-0.4, -0.2) is 47.3 Å². The van der Waals surface area contributed by atoms with Gasteiger partial charge in [-0.1, -0.05) is 37.3 Å². The number of phenolic OH excluding ortho intramolecular Hbond substituents is 1. The van der Waals surface area contributed by atoms with Crippen molar-refractivity contribution in [2.45, 2.75) is 39.2 Å². The summed E-state index contributed by atoms with van der Waals surface area (Å²) in [5, 5.41) is 15.6. The number of allylic oxidation sites excluding steroid dienone is 1. The third-order valence-electron chi connectivity index (χ3n) is 6.87. The smallest absolute Gasteiger partial charge is 0.339 e. The fourth-order valence-electron chi connectivity index (χ4n) is 5.07. The fraction of sp³-hybridized carbons (Fsp3) is 0.267. The zero-order valence-corrected chi connectivity index (χ0v) is 21.7. The maximum Gasteiger partial charge on any atom is 0.339 e. The molecule has 2 aliphatic rings. The van der Waals surface area contributed by atoms with Crippen LogP contribution in [0.25, 0.3) is 22.6 Å². The number of pyridine rings is 1. The van der Waals surface area contributed by atoms with Crippen molar-refractivity contribution in [1.29, 1.82) is 0 Å². The molecule has 1 atom stereocenters. The van der Waals surface area contributed by atoms with Gasteiger partial charge in [0.15, 0.2) is 0 Å². The van der Waals surface area contributed by atoms with Crippen LogP contribution in [-0.2, 0) is 20.7 Å². The van der Waals surface area contributed by atoms with Gasteiger partial charge in [-0.2, -0.15) is 0 Å². The van der Waals surface area contributed by atoms with E-state index >= 15 is 0 Å². The van der Waals surface area contributed by atoms with Crippen molar-refractivity contribution in [2.24, 2.45) is 0 Å². The first-order valence-corrected chi connectivity index (χ1v) is 13.0. The first-order chi connectivity index (χ1) is 18.9. The standard InChI is InChI=1S/C30H29N3O6/c1-3-22-26(29(36)38-4-2)24(33-30(37)32-22)16-39-28(35)25-20-7-5-6-8-23(20)31-27-18(11-14-21(25)27)15-17-9-12-19(34)13-10-17/h5-10,12-13,15,22,34H,3-4,11,14,16H2,1-2H3,(H2,32,33,37). The molecular formula is C30H29N3O6. The van der Waals surface area contributed by atoms with Gasteiger partial charge in [0.1, 0.15) is 12.4 Å². The largest absolute Gasteiger partial charge is 0.508 e. The molecule has 5 rings (SSSR count). The number of para-hydroxylation sites is 1. The van der Waals surface area contributed by atoms with Gasteiger partial charge in [0.05, 0.1) is 40.7 Å². The molecule has 2 aromatic carbocycles. The first kappa shape index (κ1) is 26.0. The maximum atomic E-state index is 13.6. The molecule has 0 fully saturated rings. The minimum absolute atomic E-state index is 0.176. The van der Waals surface area contributed by atoms with Crippen molar-refractivity contribution in [2.75, 3.05) is 13.2 Å². The lowest BCUT2D eigenvalue weighted by atomic mass is 10.00. The van der Waals surface area contributed by atoms with Gasteiger partial charge in [-0.25, -0.2) is 19.4 Å². The van der Waals surface area contributed by atoms with Crippen LogP contribution in [0, 0.1) is 0 Å². The molecule has 1 aliphatic carbocycles.